The molecule has 15 rings (SSSR count). The van der Waals surface area contributed by atoms with Crippen LogP contribution in [0.2, 0.25) is 0 Å². The Balaban J connectivity index is 0.000000112. The molecule has 0 atom stereocenters. The second-order valence-corrected chi connectivity index (χ2v) is 22.8. The van der Waals surface area contributed by atoms with E-state index in [2.05, 4.69) is 96.1 Å². The topological polar surface area (TPSA) is 42.3 Å². The summed E-state index contributed by atoms with van der Waals surface area (Å²) in [5, 5.41) is 15.8. The minimum absolute atomic E-state index is 0. The van der Waals surface area contributed by atoms with E-state index in [0.717, 1.165) is 53.3 Å². The molecule has 0 unspecified atom stereocenters. The fourth-order valence-electron chi connectivity index (χ4n) is 16.5. The first-order chi connectivity index (χ1) is 27.3. The van der Waals surface area contributed by atoms with E-state index in [1.165, 1.54) is 166 Å². The minimum Gasteiger partial charge on any atom is -0.679 e. The van der Waals surface area contributed by atoms with E-state index in [4.69, 9.17) is 16.0 Å². The molecule has 3 nitrogen and oxygen atoms in total. The predicted molar refractivity (Wildman–Crippen MR) is 240 cm³/mol. The van der Waals surface area contributed by atoms with Gasteiger partial charge in [-0.15, -0.1) is 33.7 Å². The van der Waals surface area contributed by atoms with Crippen LogP contribution in [0.1, 0.15) is 149 Å². The van der Waals surface area contributed by atoms with Crippen LogP contribution in [0.15, 0.2) is 54.6 Å². The van der Waals surface area contributed by atoms with Gasteiger partial charge in [0.15, 0.2) is 0 Å². The first-order valence-electron chi connectivity index (χ1n) is 23.7. The molecule has 12 bridgehead atoms. The Kier molecular flexibility index (Phi) is 11.3. The average molecular weight is 859 g/mol. The fraction of sp³-hybridized carbons (Fsp3) is 0.667. The van der Waals surface area contributed by atoms with Crippen LogP contribution >= 0.6 is 0 Å². The standard InChI is InChI=1S/3C18H24N.Mo/c3*1-12-3-13(2)5-17(4-12)19-18-9-14-6-15(10-18)8-16(7-14)11-18;/h3*3-5,14-16H,6-11H2,1-2H3;/q3*-1;+3. The number of nitrogens with zero attached hydrogens (tertiary/aromatic N) is 3. The van der Waals surface area contributed by atoms with Crippen LogP contribution in [0.3, 0.4) is 0 Å². The van der Waals surface area contributed by atoms with Crippen molar-refractivity contribution in [3.05, 3.63) is 104 Å². The van der Waals surface area contributed by atoms with Gasteiger partial charge in [-0.3, -0.25) is 0 Å². The smallest absolute Gasteiger partial charge is 0.679 e. The van der Waals surface area contributed by atoms with E-state index in [9.17, 15) is 0 Å². The molecule has 0 N–H and O–H groups in total. The van der Waals surface area contributed by atoms with Crippen LogP contribution in [0, 0.1) is 94.8 Å². The van der Waals surface area contributed by atoms with Crippen molar-refractivity contribution in [2.45, 2.75) is 174 Å². The van der Waals surface area contributed by atoms with Gasteiger partial charge in [0.25, 0.3) is 0 Å². The second kappa shape index (κ2) is 15.9. The molecule has 0 saturated heterocycles. The normalized spacial score (nSPS) is 38.9. The molecule has 12 fully saturated rings. The Morgan fingerprint density at radius 2 is 0.448 bits per heavy atom. The molecule has 309 valence electrons. The molecular formula is C54H72MoN3. The van der Waals surface area contributed by atoms with E-state index in [0.29, 0.717) is 16.6 Å². The van der Waals surface area contributed by atoms with Crippen molar-refractivity contribution in [3.8, 4) is 0 Å². The van der Waals surface area contributed by atoms with Crippen molar-refractivity contribution in [3.63, 3.8) is 0 Å². The van der Waals surface area contributed by atoms with Crippen molar-refractivity contribution < 1.29 is 21.1 Å². The molecule has 58 heavy (non-hydrogen) atoms. The Morgan fingerprint density at radius 1 is 0.293 bits per heavy atom. The molecule has 0 aliphatic heterocycles. The molecule has 0 aromatic heterocycles. The largest absolute Gasteiger partial charge is 3.00 e. The quantitative estimate of drug-likeness (QED) is 0.222. The molecule has 12 saturated carbocycles. The maximum atomic E-state index is 5.27. The van der Waals surface area contributed by atoms with Gasteiger partial charge in [-0.1, -0.05) is 146 Å². The number of aryl methyl sites for hydroxylation is 6. The SMILES string of the molecule is Cc1cc(C)cc([N-]C23CC4CC(CC(C4)C2)C3)c1.Cc1cc(C)cc([N-]C23CC4CC(CC(C4)C2)C3)c1.Cc1cc(C)cc([N-]C23CC4CC(CC(C4)C2)C3)c1.[Mo+3]. The number of hydrogen-bond donors (Lipinski definition) is 0. The van der Waals surface area contributed by atoms with Gasteiger partial charge >= 0.3 is 21.1 Å². The predicted octanol–water partition coefficient (Wildman–Crippen LogP) is 15.8. The van der Waals surface area contributed by atoms with Crippen LogP contribution in [0.25, 0.3) is 16.0 Å². The first kappa shape index (κ1) is 41.1. The molecule has 1 radical (unpaired) electrons. The summed E-state index contributed by atoms with van der Waals surface area (Å²) in [5.74, 6) is 8.88. The van der Waals surface area contributed by atoms with Gasteiger partial charge in [0.2, 0.25) is 0 Å². The van der Waals surface area contributed by atoms with Crippen molar-refractivity contribution in [1.29, 1.82) is 0 Å². The van der Waals surface area contributed by atoms with Crippen LogP contribution in [-0.4, -0.2) is 16.6 Å². The number of benzene rings is 3. The Bertz CT molecular complexity index is 1570. The zero-order valence-electron chi connectivity index (χ0n) is 36.9. The van der Waals surface area contributed by atoms with Gasteiger partial charge in [-0.2, -0.15) is 0 Å². The maximum Gasteiger partial charge on any atom is 3.00 e. The summed E-state index contributed by atoms with van der Waals surface area (Å²) >= 11 is 0. The fourth-order valence-corrected chi connectivity index (χ4v) is 16.5. The third-order valence-corrected chi connectivity index (χ3v) is 16.7. The van der Waals surface area contributed by atoms with Crippen molar-refractivity contribution in [2.75, 3.05) is 0 Å². The summed E-state index contributed by atoms with van der Waals surface area (Å²) in [6.07, 6.45) is 25.8. The van der Waals surface area contributed by atoms with E-state index >= 15 is 0 Å². The summed E-state index contributed by atoms with van der Waals surface area (Å²) in [6.45, 7) is 13.1. The zero-order valence-corrected chi connectivity index (χ0v) is 38.9. The Morgan fingerprint density at radius 3 is 0.603 bits per heavy atom. The molecular weight excluding hydrogens is 787 g/mol. The van der Waals surface area contributed by atoms with Gasteiger partial charge in [-0.25, -0.2) is 0 Å². The van der Waals surface area contributed by atoms with Crippen LogP contribution in [0.4, 0.5) is 17.1 Å². The molecule has 0 spiro atoms. The molecule has 0 heterocycles. The van der Waals surface area contributed by atoms with Gasteiger partial charge < -0.3 is 16.0 Å². The molecule has 12 aliphatic rings. The van der Waals surface area contributed by atoms with Crippen molar-refractivity contribution in [1.82, 2.24) is 0 Å². The van der Waals surface area contributed by atoms with Gasteiger partial charge in [0, 0.05) is 0 Å². The molecule has 0 amide bonds. The van der Waals surface area contributed by atoms with Crippen LogP contribution in [0.5, 0.6) is 0 Å². The first-order valence-corrected chi connectivity index (χ1v) is 23.7. The number of rotatable bonds is 6. The Labute approximate surface area is 367 Å². The summed E-state index contributed by atoms with van der Waals surface area (Å²) in [5.41, 5.74) is 12.8. The third-order valence-electron chi connectivity index (χ3n) is 16.7. The van der Waals surface area contributed by atoms with Gasteiger partial charge in [0.05, 0.1) is 0 Å². The third kappa shape index (κ3) is 8.88. The zero-order chi connectivity index (χ0) is 39.1. The van der Waals surface area contributed by atoms with E-state index in [1.54, 1.807) is 0 Å². The summed E-state index contributed by atoms with van der Waals surface area (Å²) in [4.78, 5) is 0. The Hall–Kier alpha value is -2.25. The molecule has 3 aromatic rings. The second-order valence-electron chi connectivity index (χ2n) is 22.8. The molecule has 12 aliphatic carbocycles. The van der Waals surface area contributed by atoms with Crippen molar-refractivity contribution >= 4 is 17.1 Å². The van der Waals surface area contributed by atoms with E-state index < -0.39 is 0 Å². The summed E-state index contributed by atoms with van der Waals surface area (Å²) in [7, 11) is 0. The van der Waals surface area contributed by atoms with Gasteiger partial charge in [0.1, 0.15) is 0 Å². The van der Waals surface area contributed by atoms with Crippen molar-refractivity contribution in [2.24, 2.45) is 53.3 Å². The summed E-state index contributed by atoms with van der Waals surface area (Å²) in [6, 6.07) is 20.4. The number of hydrogen-bond acceptors (Lipinski definition) is 0. The summed E-state index contributed by atoms with van der Waals surface area (Å²) < 4.78 is 0. The minimum atomic E-state index is 0. The molecule has 4 heteroatoms. The maximum absolute atomic E-state index is 5.27. The van der Waals surface area contributed by atoms with E-state index in [1.807, 2.05) is 0 Å². The van der Waals surface area contributed by atoms with Crippen LogP contribution in [-0.2, 0) is 21.1 Å². The average Bonchev–Trinajstić information content (AvgIpc) is 3.05. The van der Waals surface area contributed by atoms with Gasteiger partial charge in [-0.05, 0) is 153 Å². The molecule has 3 aromatic carbocycles. The van der Waals surface area contributed by atoms with Crippen LogP contribution < -0.4 is 0 Å². The van der Waals surface area contributed by atoms with E-state index in [-0.39, 0.29) is 21.1 Å². The monoisotopic (exact) mass is 860 g/mol.